The second-order valence-electron chi connectivity index (χ2n) is 2.32. The zero-order valence-corrected chi connectivity index (χ0v) is 8.26. The Balaban J connectivity index is 3.08. The zero-order chi connectivity index (χ0) is 10.8. The van der Waals surface area contributed by atoms with Crippen LogP contribution in [-0.2, 0) is 6.18 Å². The van der Waals surface area contributed by atoms with Crippen molar-refractivity contribution in [3.05, 3.63) is 23.8 Å². The molecule has 0 fully saturated rings. The summed E-state index contributed by atoms with van der Waals surface area (Å²) in [6.45, 7) is 0. The molecule has 0 spiro atoms. The van der Waals surface area contributed by atoms with Crippen molar-refractivity contribution in [2.45, 2.75) is 6.18 Å². The number of nitrogens with zero attached hydrogens (tertiary/aromatic N) is 2. The quantitative estimate of drug-likeness (QED) is 0.609. The highest BCUT2D eigenvalue weighted by molar-refractivity contribution is 9.09. The third kappa shape index (κ3) is 2.50. The number of ketones is 1. The summed E-state index contributed by atoms with van der Waals surface area (Å²) in [5.74, 6) is -1.82. The monoisotopic (exact) mass is 268 g/mol. The summed E-state index contributed by atoms with van der Waals surface area (Å²) in [7, 11) is 0. The van der Waals surface area contributed by atoms with Gasteiger partial charge in [0.2, 0.25) is 5.82 Å². The summed E-state index contributed by atoms with van der Waals surface area (Å²) in [6.07, 6.45) is -3.71. The number of hydrogen-bond acceptors (Lipinski definition) is 3. The predicted molar refractivity (Wildman–Crippen MR) is 45.2 cm³/mol. The van der Waals surface area contributed by atoms with E-state index in [0.717, 1.165) is 12.3 Å². The maximum atomic E-state index is 12.1. The van der Waals surface area contributed by atoms with E-state index in [9.17, 15) is 18.0 Å². The highest BCUT2D eigenvalue weighted by Gasteiger charge is 2.34. The molecule has 1 aromatic heterocycles. The second kappa shape index (κ2) is 4.04. The van der Waals surface area contributed by atoms with Gasteiger partial charge in [0.05, 0.1) is 5.33 Å². The Morgan fingerprint density at radius 3 is 2.64 bits per heavy atom. The van der Waals surface area contributed by atoms with Crippen molar-refractivity contribution in [2.24, 2.45) is 0 Å². The lowest BCUT2D eigenvalue weighted by Gasteiger charge is -2.04. The number of carbonyl (C=O) groups is 1. The minimum Gasteiger partial charge on any atom is -0.291 e. The Kier molecular flexibility index (Phi) is 3.20. The molecule has 0 amide bonds. The lowest BCUT2D eigenvalue weighted by molar-refractivity contribution is -0.145. The molecule has 0 N–H and O–H groups in total. The van der Waals surface area contributed by atoms with Crippen LogP contribution >= 0.6 is 15.9 Å². The van der Waals surface area contributed by atoms with Crippen LogP contribution in [0.3, 0.4) is 0 Å². The topological polar surface area (TPSA) is 42.9 Å². The molecule has 7 heteroatoms. The van der Waals surface area contributed by atoms with Crippen LogP contribution in [0.15, 0.2) is 12.3 Å². The SMILES string of the molecule is O=C(CBr)c1ccnc(C(F)(F)F)n1. The van der Waals surface area contributed by atoms with Gasteiger partial charge in [-0.2, -0.15) is 13.2 Å². The molecule has 0 unspecified atom stereocenters. The molecular formula is C7H4BrF3N2O. The third-order valence-electron chi connectivity index (χ3n) is 1.32. The maximum Gasteiger partial charge on any atom is 0.451 e. The van der Waals surface area contributed by atoms with E-state index in [-0.39, 0.29) is 11.0 Å². The Labute approximate surface area is 85.5 Å². The molecule has 0 saturated carbocycles. The normalized spacial score (nSPS) is 11.4. The molecule has 0 aliphatic heterocycles. The van der Waals surface area contributed by atoms with Crippen LogP contribution < -0.4 is 0 Å². The molecule has 76 valence electrons. The summed E-state index contributed by atoms with van der Waals surface area (Å²) < 4.78 is 36.3. The molecule has 0 bridgehead atoms. The lowest BCUT2D eigenvalue weighted by atomic mass is 10.3. The van der Waals surface area contributed by atoms with Gasteiger partial charge in [-0.15, -0.1) is 0 Å². The van der Waals surface area contributed by atoms with E-state index in [0.29, 0.717) is 0 Å². The molecule has 0 saturated heterocycles. The fraction of sp³-hybridized carbons (Fsp3) is 0.286. The van der Waals surface area contributed by atoms with E-state index in [2.05, 4.69) is 25.9 Å². The first-order chi connectivity index (χ1) is 6.45. The average Bonchev–Trinajstić information content (AvgIpc) is 2.15. The van der Waals surface area contributed by atoms with Crippen molar-refractivity contribution in [1.82, 2.24) is 9.97 Å². The first-order valence-corrected chi connectivity index (χ1v) is 4.56. The molecule has 0 radical (unpaired) electrons. The summed E-state index contributed by atoms with van der Waals surface area (Å²) in [4.78, 5) is 17.1. The lowest BCUT2D eigenvalue weighted by Crippen LogP contribution is -2.14. The standard InChI is InChI=1S/C7H4BrF3N2O/c8-3-5(14)4-1-2-12-6(13-4)7(9,10)11/h1-2H,3H2. The number of hydrogen-bond donors (Lipinski definition) is 0. The second-order valence-corrected chi connectivity index (χ2v) is 2.88. The van der Waals surface area contributed by atoms with Crippen LogP contribution in [0.25, 0.3) is 0 Å². The molecule has 0 atom stereocenters. The van der Waals surface area contributed by atoms with Crippen LogP contribution in [0.1, 0.15) is 16.3 Å². The van der Waals surface area contributed by atoms with Gasteiger partial charge in [-0.1, -0.05) is 15.9 Å². The molecule has 0 aliphatic rings. The van der Waals surface area contributed by atoms with Gasteiger partial charge in [0, 0.05) is 6.20 Å². The number of alkyl halides is 4. The Bertz CT molecular complexity index is 353. The summed E-state index contributed by atoms with van der Waals surface area (Å²) in [6, 6.07) is 1.14. The third-order valence-corrected chi connectivity index (χ3v) is 1.83. The van der Waals surface area contributed by atoms with E-state index < -0.39 is 17.8 Å². The maximum absolute atomic E-state index is 12.1. The highest BCUT2D eigenvalue weighted by atomic mass is 79.9. The summed E-state index contributed by atoms with van der Waals surface area (Å²) >= 11 is 2.84. The first-order valence-electron chi connectivity index (χ1n) is 3.44. The van der Waals surface area contributed by atoms with Crippen LogP contribution in [0.5, 0.6) is 0 Å². The van der Waals surface area contributed by atoms with Crippen molar-refractivity contribution in [2.75, 3.05) is 5.33 Å². The van der Waals surface area contributed by atoms with Crippen molar-refractivity contribution in [1.29, 1.82) is 0 Å². The highest BCUT2D eigenvalue weighted by Crippen LogP contribution is 2.25. The first kappa shape index (κ1) is 11.1. The van der Waals surface area contributed by atoms with Crippen molar-refractivity contribution < 1.29 is 18.0 Å². The van der Waals surface area contributed by atoms with E-state index in [1.165, 1.54) is 0 Å². The molecule has 1 aromatic rings. The van der Waals surface area contributed by atoms with Gasteiger partial charge in [-0.3, -0.25) is 4.79 Å². The van der Waals surface area contributed by atoms with Crippen LogP contribution in [0.4, 0.5) is 13.2 Å². The van der Waals surface area contributed by atoms with Gasteiger partial charge in [-0.25, -0.2) is 9.97 Å². The zero-order valence-electron chi connectivity index (χ0n) is 6.68. The molecule has 0 aliphatic carbocycles. The Hall–Kier alpha value is -0.980. The van der Waals surface area contributed by atoms with Crippen molar-refractivity contribution in [3.8, 4) is 0 Å². The number of rotatable bonds is 2. The molecular weight excluding hydrogens is 265 g/mol. The molecule has 1 heterocycles. The number of halogens is 4. The van der Waals surface area contributed by atoms with E-state index >= 15 is 0 Å². The van der Waals surface area contributed by atoms with E-state index in [1.54, 1.807) is 0 Å². The van der Waals surface area contributed by atoms with Gasteiger partial charge >= 0.3 is 6.18 Å². The van der Waals surface area contributed by atoms with E-state index in [1.807, 2.05) is 0 Å². The van der Waals surface area contributed by atoms with Crippen LogP contribution in [-0.4, -0.2) is 21.1 Å². The Morgan fingerprint density at radius 1 is 1.50 bits per heavy atom. The number of carbonyl (C=O) groups excluding carboxylic acids is 1. The summed E-state index contributed by atoms with van der Waals surface area (Å²) in [5, 5.41) is -0.0681. The Morgan fingerprint density at radius 2 is 2.14 bits per heavy atom. The minimum atomic E-state index is -4.62. The van der Waals surface area contributed by atoms with Gasteiger partial charge in [-0.05, 0) is 6.07 Å². The van der Waals surface area contributed by atoms with Gasteiger partial charge in [0.15, 0.2) is 5.78 Å². The van der Waals surface area contributed by atoms with Crippen molar-refractivity contribution in [3.63, 3.8) is 0 Å². The summed E-state index contributed by atoms with van der Waals surface area (Å²) in [5.41, 5.74) is -0.246. The predicted octanol–water partition coefficient (Wildman–Crippen LogP) is 2.07. The molecule has 0 aromatic carbocycles. The number of Topliss-reactive ketones (excluding diaryl/α,β-unsaturated/α-hetero) is 1. The minimum absolute atomic E-state index is 0.0681. The van der Waals surface area contributed by atoms with Gasteiger partial charge < -0.3 is 0 Å². The molecule has 14 heavy (non-hydrogen) atoms. The number of aromatic nitrogens is 2. The average molecular weight is 269 g/mol. The van der Waals surface area contributed by atoms with Crippen LogP contribution in [0.2, 0.25) is 0 Å². The largest absolute Gasteiger partial charge is 0.451 e. The van der Waals surface area contributed by atoms with Crippen LogP contribution in [0, 0.1) is 0 Å². The fourth-order valence-corrected chi connectivity index (χ4v) is 1.01. The fourth-order valence-electron chi connectivity index (χ4n) is 0.719. The smallest absolute Gasteiger partial charge is 0.291 e. The van der Waals surface area contributed by atoms with E-state index in [4.69, 9.17) is 0 Å². The van der Waals surface area contributed by atoms with Gasteiger partial charge in [0.1, 0.15) is 5.69 Å². The van der Waals surface area contributed by atoms with Crippen molar-refractivity contribution >= 4 is 21.7 Å². The molecule has 3 nitrogen and oxygen atoms in total. The molecule has 1 rings (SSSR count). The van der Waals surface area contributed by atoms with Gasteiger partial charge in [0.25, 0.3) is 0 Å².